The Morgan fingerprint density at radius 1 is 1.39 bits per heavy atom. The number of methoxy groups -OCH3 is 1. The first-order valence-electron chi connectivity index (χ1n) is 8.80. The molecule has 1 amide bonds. The standard InChI is InChI=1S/C20H23N3O4S/c1-23(2)20-22-15(12-28-20)14-11-13(6-7-17(14)26-3)19(25)21-9-8-16(24)18-5-4-10-27-18/h4-7,10-12,16,24H,8-9H2,1-3H3,(H,21,25). The van der Waals surface area contributed by atoms with E-state index in [1.807, 2.05) is 24.4 Å². The number of aliphatic hydroxyl groups is 1. The van der Waals surface area contributed by atoms with Gasteiger partial charge in [0.05, 0.1) is 19.1 Å². The van der Waals surface area contributed by atoms with E-state index in [2.05, 4.69) is 10.3 Å². The summed E-state index contributed by atoms with van der Waals surface area (Å²) in [4.78, 5) is 19.1. The normalized spacial score (nSPS) is 11.9. The fraction of sp³-hybridized carbons (Fsp3) is 0.300. The average molecular weight is 401 g/mol. The Balaban J connectivity index is 1.70. The molecule has 2 heterocycles. The van der Waals surface area contributed by atoms with Gasteiger partial charge in [-0.15, -0.1) is 11.3 Å². The first kappa shape index (κ1) is 19.9. The molecule has 3 aromatic rings. The molecule has 0 aliphatic heterocycles. The predicted molar refractivity (Wildman–Crippen MR) is 109 cm³/mol. The van der Waals surface area contributed by atoms with Gasteiger partial charge in [0.2, 0.25) is 0 Å². The number of nitrogens with one attached hydrogen (secondary N) is 1. The largest absolute Gasteiger partial charge is 0.496 e. The number of anilines is 1. The lowest BCUT2D eigenvalue weighted by molar-refractivity contribution is 0.0936. The number of carbonyl (C=O) groups excluding carboxylic acids is 1. The van der Waals surface area contributed by atoms with Gasteiger partial charge in [-0.05, 0) is 36.8 Å². The van der Waals surface area contributed by atoms with Gasteiger partial charge >= 0.3 is 0 Å². The molecule has 0 spiro atoms. The third kappa shape index (κ3) is 4.52. The van der Waals surface area contributed by atoms with Crippen LogP contribution in [0.3, 0.4) is 0 Å². The van der Waals surface area contributed by atoms with E-state index in [-0.39, 0.29) is 5.91 Å². The van der Waals surface area contributed by atoms with E-state index in [9.17, 15) is 9.90 Å². The molecule has 2 N–H and O–H groups in total. The number of ether oxygens (including phenoxy) is 1. The van der Waals surface area contributed by atoms with Crippen molar-refractivity contribution >= 4 is 22.4 Å². The lowest BCUT2D eigenvalue weighted by Crippen LogP contribution is -2.25. The molecule has 7 nitrogen and oxygen atoms in total. The summed E-state index contributed by atoms with van der Waals surface area (Å²) in [6, 6.07) is 8.66. The first-order chi connectivity index (χ1) is 13.5. The van der Waals surface area contributed by atoms with Crippen LogP contribution in [-0.4, -0.2) is 43.7 Å². The second-order valence-corrected chi connectivity index (χ2v) is 7.24. The molecular formula is C20H23N3O4S. The Morgan fingerprint density at radius 3 is 2.86 bits per heavy atom. The van der Waals surface area contributed by atoms with Crippen molar-refractivity contribution in [2.24, 2.45) is 0 Å². The van der Waals surface area contributed by atoms with Crippen molar-refractivity contribution < 1.29 is 19.1 Å². The second kappa shape index (κ2) is 8.90. The van der Waals surface area contributed by atoms with E-state index in [1.54, 1.807) is 37.4 Å². The number of hydrogen-bond acceptors (Lipinski definition) is 7. The number of thiazole rings is 1. The van der Waals surface area contributed by atoms with E-state index in [0.29, 0.717) is 30.0 Å². The zero-order valence-corrected chi connectivity index (χ0v) is 16.8. The number of benzene rings is 1. The lowest BCUT2D eigenvalue weighted by atomic mass is 10.1. The van der Waals surface area contributed by atoms with E-state index < -0.39 is 6.10 Å². The molecule has 0 saturated heterocycles. The summed E-state index contributed by atoms with van der Waals surface area (Å²) in [6.07, 6.45) is 1.12. The highest BCUT2D eigenvalue weighted by Gasteiger charge is 2.16. The fourth-order valence-electron chi connectivity index (χ4n) is 2.69. The molecule has 3 rings (SSSR count). The summed E-state index contributed by atoms with van der Waals surface area (Å²) in [5.41, 5.74) is 2.02. The first-order valence-corrected chi connectivity index (χ1v) is 9.68. The van der Waals surface area contributed by atoms with Crippen molar-refractivity contribution in [3.8, 4) is 17.0 Å². The lowest BCUT2D eigenvalue weighted by Gasteiger charge is -2.11. The Hall–Kier alpha value is -2.84. The minimum absolute atomic E-state index is 0.224. The molecule has 0 radical (unpaired) electrons. The van der Waals surface area contributed by atoms with Gasteiger partial charge in [0, 0.05) is 37.1 Å². The molecule has 0 aliphatic rings. The van der Waals surface area contributed by atoms with Crippen molar-refractivity contribution in [1.82, 2.24) is 10.3 Å². The highest BCUT2D eigenvalue weighted by molar-refractivity contribution is 7.14. The summed E-state index contributed by atoms with van der Waals surface area (Å²) < 4.78 is 10.6. The maximum Gasteiger partial charge on any atom is 0.251 e. The second-order valence-electron chi connectivity index (χ2n) is 6.40. The van der Waals surface area contributed by atoms with Gasteiger partial charge in [0.25, 0.3) is 5.91 Å². The van der Waals surface area contributed by atoms with Crippen LogP contribution in [0.15, 0.2) is 46.4 Å². The molecule has 0 aliphatic carbocycles. The summed E-state index contributed by atoms with van der Waals surface area (Å²) in [5.74, 6) is 0.917. The highest BCUT2D eigenvalue weighted by atomic mass is 32.1. The zero-order chi connectivity index (χ0) is 20.1. The number of amides is 1. The molecule has 1 unspecified atom stereocenters. The minimum Gasteiger partial charge on any atom is -0.496 e. The quantitative estimate of drug-likeness (QED) is 0.602. The Morgan fingerprint density at radius 2 is 2.21 bits per heavy atom. The third-order valence-corrected chi connectivity index (χ3v) is 5.20. The maximum absolute atomic E-state index is 12.5. The summed E-state index contributed by atoms with van der Waals surface area (Å²) in [7, 11) is 5.45. The Bertz CT molecular complexity index is 921. The number of aromatic nitrogens is 1. The highest BCUT2D eigenvalue weighted by Crippen LogP contribution is 2.33. The van der Waals surface area contributed by atoms with Crippen molar-refractivity contribution in [2.45, 2.75) is 12.5 Å². The van der Waals surface area contributed by atoms with Gasteiger partial charge in [-0.1, -0.05) is 0 Å². The predicted octanol–water partition coefficient (Wildman–Crippen LogP) is 3.33. The average Bonchev–Trinajstić information content (AvgIpc) is 3.39. The Kier molecular flexibility index (Phi) is 6.33. The molecule has 8 heteroatoms. The van der Waals surface area contributed by atoms with Crippen molar-refractivity contribution in [2.75, 3.05) is 32.6 Å². The molecule has 0 bridgehead atoms. The van der Waals surface area contributed by atoms with Gasteiger partial charge in [-0.2, -0.15) is 0 Å². The SMILES string of the molecule is COc1ccc(C(=O)NCCC(O)c2ccco2)cc1-c1csc(N(C)C)n1. The summed E-state index contributed by atoms with van der Waals surface area (Å²) >= 11 is 1.52. The van der Waals surface area contributed by atoms with E-state index in [4.69, 9.17) is 9.15 Å². The van der Waals surface area contributed by atoms with Gasteiger partial charge in [0.1, 0.15) is 17.6 Å². The van der Waals surface area contributed by atoms with Crippen LogP contribution in [-0.2, 0) is 0 Å². The molecule has 0 saturated carbocycles. The van der Waals surface area contributed by atoms with Crippen LogP contribution in [0.4, 0.5) is 5.13 Å². The van der Waals surface area contributed by atoms with Crippen LogP contribution in [0.25, 0.3) is 11.3 Å². The Labute approximate surface area is 167 Å². The van der Waals surface area contributed by atoms with E-state index in [1.165, 1.54) is 17.6 Å². The third-order valence-electron chi connectivity index (χ3n) is 4.19. The smallest absolute Gasteiger partial charge is 0.251 e. The van der Waals surface area contributed by atoms with Crippen LogP contribution in [0, 0.1) is 0 Å². The number of furan rings is 1. The minimum atomic E-state index is -0.749. The van der Waals surface area contributed by atoms with Gasteiger partial charge in [-0.3, -0.25) is 4.79 Å². The number of nitrogens with zero attached hydrogens (tertiary/aromatic N) is 2. The van der Waals surface area contributed by atoms with Crippen LogP contribution < -0.4 is 15.0 Å². The van der Waals surface area contributed by atoms with Crippen LogP contribution in [0.5, 0.6) is 5.75 Å². The van der Waals surface area contributed by atoms with Crippen molar-refractivity contribution in [3.63, 3.8) is 0 Å². The van der Waals surface area contributed by atoms with Crippen molar-refractivity contribution in [3.05, 3.63) is 53.3 Å². The van der Waals surface area contributed by atoms with Gasteiger partial charge < -0.3 is 24.5 Å². The molecule has 0 fully saturated rings. The van der Waals surface area contributed by atoms with Gasteiger partial charge in [0.15, 0.2) is 5.13 Å². The van der Waals surface area contributed by atoms with Crippen LogP contribution in [0.1, 0.15) is 28.6 Å². The molecule has 148 valence electrons. The monoisotopic (exact) mass is 401 g/mol. The summed E-state index contributed by atoms with van der Waals surface area (Å²) in [5, 5.41) is 15.7. The molecule has 1 atom stereocenters. The van der Waals surface area contributed by atoms with E-state index >= 15 is 0 Å². The van der Waals surface area contributed by atoms with Crippen molar-refractivity contribution in [1.29, 1.82) is 0 Å². The van der Waals surface area contributed by atoms with E-state index in [0.717, 1.165) is 16.4 Å². The number of rotatable bonds is 8. The number of carbonyl (C=O) groups is 1. The zero-order valence-electron chi connectivity index (χ0n) is 16.0. The molecule has 2 aromatic heterocycles. The molecule has 28 heavy (non-hydrogen) atoms. The number of hydrogen-bond donors (Lipinski definition) is 2. The molecular weight excluding hydrogens is 378 g/mol. The van der Waals surface area contributed by atoms with Crippen LogP contribution in [0.2, 0.25) is 0 Å². The van der Waals surface area contributed by atoms with Gasteiger partial charge in [-0.25, -0.2) is 4.98 Å². The summed E-state index contributed by atoms with van der Waals surface area (Å²) in [6.45, 7) is 0.323. The fourth-order valence-corrected chi connectivity index (χ4v) is 3.45. The van der Waals surface area contributed by atoms with Crippen LogP contribution >= 0.6 is 11.3 Å². The number of aliphatic hydroxyl groups excluding tert-OH is 1. The molecule has 1 aromatic carbocycles. The topological polar surface area (TPSA) is 87.8 Å². The maximum atomic E-state index is 12.5.